The first-order valence-electron chi connectivity index (χ1n) is 6.32. The highest BCUT2D eigenvalue weighted by Crippen LogP contribution is 2.19. The molecule has 0 radical (unpaired) electrons. The smallest absolute Gasteiger partial charge is 0.128 e. The van der Waals surface area contributed by atoms with Crippen molar-refractivity contribution in [2.75, 3.05) is 6.54 Å². The third kappa shape index (κ3) is 3.63. The number of rotatable bonds is 5. The van der Waals surface area contributed by atoms with E-state index in [-0.39, 0.29) is 18.5 Å². The van der Waals surface area contributed by atoms with Gasteiger partial charge in [-0.05, 0) is 18.6 Å². The molecule has 0 saturated carbocycles. The van der Waals surface area contributed by atoms with Gasteiger partial charge in [0.1, 0.15) is 5.82 Å². The van der Waals surface area contributed by atoms with Crippen molar-refractivity contribution in [2.24, 2.45) is 5.73 Å². The van der Waals surface area contributed by atoms with Crippen LogP contribution in [0.15, 0.2) is 48.5 Å². The molecule has 0 saturated heterocycles. The van der Waals surface area contributed by atoms with Crippen LogP contribution in [0, 0.1) is 12.7 Å². The second-order valence-corrected chi connectivity index (χ2v) is 4.54. The Balaban J connectivity index is 2.04. The number of ether oxygens (including phenoxy) is 1. The highest BCUT2D eigenvalue weighted by molar-refractivity contribution is 5.23. The van der Waals surface area contributed by atoms with Gasteiger partial charge in [-0.1, -0.05) is 48.0 Å². The Morgan fingerprint density at radius 2 is 1.79 bits per heavy atom. The van der Waals surface area contributed by atoms with Crippen molar-refractivity contribution in [3.8, 4) is 0 Å². The van der Waals surface area contributed by atoms with Gasteiger partial charge < -0.3 is 10.5 Å². The van der Waals surface area contributed by atoms with Crippen LogP contribution in [-0.2, 0) is 11.3 Å². The van der Waals surface area contributed by atoms with Crippen molar-refractivity contribution in [1.82, 2.24) is 0 Å². The lowest BCUT2D eigenvalue weighted by Crippen LogP contribution is -2.16. The molecule has 2 aromatic rings. The molecule has 0 fully saturated rings. The van der Waals surface area contributed by atoms with Crippen molar-refractivity contribution >= 4 is 0 Å². The van der Waals surface area contributed by atoms with Crippen LogP contribution in [0.2, 0.25) is 0 Å². The third-order valence-corrected chi connectivity index (χ3v) is 3.06. The minimum absolute atomic E-state index is 0.208. The third-order valence-electron chi connectivity index (χ3n) is 3.06. The summed E-state index contributed by atoms with van der Waals surface area (Å²) in [7, 11) is 0. The van der Waals surface area contributed by atoms with Gasteiger partial charge in [-0.3, -0.25) is 0 Å². The normalized spacial score (nSPS) is 12.4. The van der Waals surface area contributed by atoms with Crippen LogP contribution in [0.1, 0.15) is 22.8 Å². The molecule has 1 atom stereocenters. The molecule has 0 aliphatic carbocycles. The van der Waals surface area contributed by atoms with E-state index in [1.165, 1.54) is 11.6 Å². The zero-order valence-corrected chi connectivity index (χ0v) is 11.0. The maximum absolute atomic E-state index is 13.5. The van der Waals surface area contributed by atoms with Crippen molar-refractivity contribution < 1.29 is 9.13 Å². The monoisotopic (exact) mass is 259 g/mol. The molecule has 100 valence electrons. The zero-order chi connectivity index (χ0) is 13.7. The van der Waals surface area contributed by atoms with Gasteiger partial charge in [0.25, 0.3) is 0 Å². The van der Waals surface area contributed by atoms with E-state index in [4.69, 9.17) is 10.5 Å². The quantitative estimate of drug-likeness (QED) is 0.893. The Kier molecular flexibility index (Phi) is 4.66. The summed E-state index contributed by atoms with van der Waals surface area (Å²) in [6.07, 6.45) is -0.208. The average Bonchev–Trinajstić information content (AvgIpc) is 2.43. The summed E-state index contributed by atoms with van der Waals surface area (Å²) in [6, 6.07) is 14.6. The zero-order valence-electron chi connectivity index (χ0n) is 11.0. The van der Waals surface area contributed by atoms with Gasteiger partial charge >= 0.3 is 0 Å². The topological polar surface area (TPSA) is 35.2 Å². The second kappa shape index (κ2) is 6.45. The van der Waals surface area contributed by atoms with E-state index in [0.29, 0.717) is 12.1 Å². The molecule has 0 spiro atoms. The highest BCUT2D eigenvalue weighted by atomic mass is 19.1. The molecule has 2 aromatic carbocycles. The fourth-order valence-electron chi connectivity index (χ4n) is 1.89. The number of hydrogen-bond acceptors (Lipinski definition) is 2. The lowest BCUT2D eigenvalue weighted by atomic mass is 10.1. The molecule has 3 heteroatoms. The molecule has 1 unspecified atom stereocenters. The fourth-order valence-corrected chi connectivity index (χ4v) is 1.89. The van der Waals surface area contributed by atoms with E-state index >= 15 is 0 Å². The van der Waals surface area contributed by atoms with Crippen LogP contribution in [0.25, 0.3) is 0 Å². The highest BCUT2D eigenvalue weighted by Gasteiger charge is 2.11. The Morgan fingerprint density at radius 3 is 2.42 bits per heavy atom. The van der Waals surface area contributed by atoms with Crippen LogP contribution in [0.5, 0.6) is 0 Å². The van der Waals surface area contributed by atoms with Crippen molar-refractivity contribution in [3.05, 3.63) is 71.0 Å². The molecule has 19 heavy (non-hydrogen) atoms. The molecular weight excluding hydrogens is 241 g/mol. The Bertz CT molecular complexity index is 525. The predicted octanol–water partition coefficient (Wildman–Crippen LogP) is 3.35. The minimum Gasteiger partial charge on any atom is -0.367 e. The molecule has 0 bridgehead atoms. The average molecular weight is 259 g/mol. The molecule has 2 rings (SSSR count). The fraction of sp³-hybridized carbons (Fsp3) is 0.250. The van der Waals surface area contributed by atoms with Crippen LogP contribution >= 0.6 is 0 Å². The Hall–Kier alpha value is -1.71. The molecule has 0 heterocycles. The molecule has 0 aliphatic rings. The Morgan fingerprint density at radius 1 is 1.11 bits per heavy atom. The van der Waals surface area contributed by atoms with Crippen LogP contribution in [0.3, 0.4) is 0 Å². The number of hydrogen-bond donors (Lipinski definition) is 1. The van der Waals surface area contributed by atoms with Gasteiger partial charge in [-0.25, -0.2) is 4.39 Å². The van der Waals surface area contributed by atoms with Crippen LogP contribution in [-0.4, -0.2) is 6.54 Å². The van der Waals surface area contributed by atoms with E-state index in [0.717, 1.165) is 5.56 Å². The van der Waals surface area contributed by atoms with Gasteiger partial charge in [0.15, 0.2) is 0 Å². The molecule has 0 aliphatic heterocycles. The number of benzene rings is 2. The first-order chi connectivity index (χ1) is 9.20. The first-order valence-corrected chi connectivity index (χ1v) is 6.32. The summed E-state index contributed by atoms with van der Waals surface area (Å²) in [4.78, 5) is 0. The number of aryl methyl sites for hydroxylation is 1. The van der Waals surface area contributed by atoms with E-state index in [1.54, 1.807) is 18.2 Å². The van der Waals surface area contributed by atoms with Gasteiger partial charge in [-0.2, -0.15) is 0 Å². The summed E-state index contributed by atoms with van der Waals surface area (Å²) in [5.41, 5.74) is 8.48. The van der Waals surface area contributed by atoms with E-state index < -0.39 is 0 Å². The van der Waals surface area contributed by atoms with Gasteiger partial charge in [0.2, 0.25) is 0 Å². The van der Waals surface area contributed by atoms with E-state index in [9.17, 15) is 4.39 Å². The summed E-state index contributed by atoms with van der Waals surface area (Å²) in [5, 5.41) is 0. The second-order valence-electron chi connectivity index (χ2n) is 4.54. The summed E-state index contributed by atoms with van der Waals surface area (Å²) >= 11 is 0. The number of halogens is 1. The van der Waals surface area contributed by atoms with Gasteiger partial charge in [0.05, 0.1) is 12.7 Å². The molecule has 0 amide bonds. The summed E-state index contributed by atoms with van der Waals surface area (Å²) in [5.74, 6) is -0.248. The minimum atomic E-state index is -0.248. The van der Waals surface area contributed by atoms with Crippen LogP contribution < -0.4 is 5.73 Å². The van der Waals surface area contributed by atoms with Crippen molar-refractivity contribution in [3.63, 3.8) is 0 Å². The van der Waals surface area contributed by atoms with Crippen molar-refractivity contribution in [2.45, 2.75) is 19.6 Å². The van der Waals surface area contributed by atoms with E-state index in [1.807, 2.05) is 31.2 Å². The molecular formula is C16H18FNO. The summed E-state index contributed by atoms with van der Waals surface area (Å²) in [6.45, 7) is 2.63. The van der Waals surface area contributed by atoms with E-state index in [2.05, 4.69) is 0 Å². The largest absolute Gasteiger partial charge is 0.367 e. The molecule has 2 N–H and O–H groups in total. The van der Waals surface area contributed by atoms with Gasteiger partial charge in [0, 0.05) is 12.1 Å². The Labute approximate surface area is 113 Å². The lowest BCUT2D eigenvalue weighted by molar-refractivity contribution is 0.0440. The van der Waals surface area contributed by atoms with Gasteiger partial charge in [-0.15, -0.1) is 0 Å². The van der Waals surface area contributed by atoms with Crippen molar-refractivity contribution in [1.29, 1.82) is 0 Å². The maximum Gasteiger partial charge on any atom is 0.128 e. The lowest BCUT2D eigenvalue weighted by Gasteiger charge is -2.17. The SMILES string of the molecule is Cc1ccc(C(CN)OCc2ccccc2F)cc1. The van der Waals surface area contributed by atoms with Crippen LogP contribution in [0.4, 0.5) is 4.39 Å². The standard InChI is InChI=1S/C16H18FNO/c1-12-6-8-13(9-7-12)16(10-18)19-11-14-4-2-3-5-15(14)17/h2-9,16H,10-11,18H2,1H3. The maximum atomic E-state index is 13.5. The predicted molar refractivity (Wildman–Crippen MR) is 74.2 cm³/mol. The summed E-state index contributed by atoms with van der Waals surface area (Å²) < 4.78 is 19.2. The molecule has 2 nitrogen and oxygen atoms in total. The number of nitrogens with two attached hydrogens (primary N) is 1. The molecule has 0 aromatic heterocycles. The first kappa shape index (κ1) is 13.7.